The molecule has 8 heteroatoms. The summed E-state index contributed by atoms with van der Waals surface area (Å²) >= 11 is 0. The molecule has 1 amide bonds. The van der Waals surface area contributed by atoms with Gasteiger partial charge in [0.25, 0.3) is 0 Å². The summed E-state index contributed by atoms with van der Waals surface area (Å²) in [6.07, 6.45) is 2.29. The van der Waals surface area contributed by atoms with E-state index in [-0.39, 0.29) is 5.91 Å². The van der Waals surface area contributed by atoms with Crippen LogP contribution >= 0.6 is 0 Å². The van der Waals surface area contributed by atoms with Crippen molar-refractivity contribution in [2.45, 2.75) is 19.4 Å². The van der Waals surface area contributed by atoms with Gasteiger partial charge in [-0.25, -0.2) is 4.98 Å². The Labute approximate surface area is 190 Å². The van der Waals surface area contributed by atoms with E-state index < -0.39 is 0 Å². The van der Waals surface area contributed by atoms with Crippen molar-refractivity contribution >= 4 is 28.6 Å². The third-order valence-corrected chi connectivity index (χ3v) is 6.38. The molecule has 172 valence electrons. The third kappa shape index (κ3) is 5.12. The molecular weight excluding hydrogens is 402 g/mol. The van der Waals surface area contributed by atoms with Crippen LogP contribution in [0.15, 0.2) is 35.3 Å². The number of nitrogens with one attached hydrogen (secondary N) is 1. The first kappa shape index (κ1) is 22.3. The second-order valence-electron chi connectivity index (χ2n) is 8.80. The molecule has 0 unspecified atom stereocenters. The van der Waals surface area contributed by atoms with Gasteiger partial charge in [0.2, 0.25) is 5.91 Å². The van der Waals surface area contributed by atoms with Crippen LogP contribution in [0.1, 0.15) is 18.4 Å². The average molecular weight is 438 g/mol. The van der Waals surface area contributed by atoms with E-state index in [0.29, 0.717) is 13.1 Å². The number of amides is 1. The first-order chi connectivity index (χ1) is 15.5. The van der Waals surface area contributed by atoms with Crippen LogP contribution in [-0.2, 0) is 11.3 Å². The van der Waals surface area contributed by atoms with E-state index in [1.165, 1.54) is 5.56 Å². The molecule has 0 atom stereocenters. The number of rotatable bonds is 5. The predicted molar refractivity (Wildman–Crippen MR) is 130 cm³/mol. The number of piperazine rings is 1. The standard InChI is InChI=1S/C24H35N7O/c1-25-24(31-14-12-29(13-15-31)18-23(32)30-10-6-7-11-30)26-17-19-16-22(28(2)3)27-21-9-5-4-8-20(19)21/h4-5,8-9,16H,6-7,10-15,17-18H2,1-3H3,(H,25,26). The second-order valence-corrected chi connectivity index (χ2v) is 8.80. The molecule has 2 aliphatic rings. The number of hydrogen-bond acceptors (Lipinski definition) is 5. The van der Waals surface area contributed by atoms with Gasteiger partial charge in [-0.2, -0.15) is 0 Å². The summed E-state index contributed by atoms with van der Waals surface area (Å²) in [5.41, 5.74) is 2.21. The summed E-state index contributed by atoms with van der Waals surface area (Å²) in [5.74, 6) is 2.13. The van der Waals surface area contributed by atoms with Gasteiger partial charge in [-0.05, 0) is 30.5 Å². The first-order valence-corrected chi connectivity index (χ1v) is 11.6. The van der Waals surface area contributed by atoms with Crippen molar-refractivity contribution in [3.05, 3.63) is 35.9 Å². The summed E-state index contributed by atoms with van der Waals surface area (Å²) < 4.78 is 0. The van der Waals surface area contributed by atoms with E-state index in [2.05, 4.69) is 44.4 Å². The lowest BCUT2D eigenvalue weighted by Gasteiger charge is -2.36. The van der Waals surface area contributed by atoms with Crippen LogP contribution < -0.4 is 10.2 Å². The van der Waals surface area contributed by atoms with Crippen molar-refractivity contribution in [1.82, 2.24) is 25.0 Å². The van der Waals surface area contributed by atoms with E-state index in [1.807, 2.05) is 37.0 Å². The highest BCUT2D eigenvalue weighted by molar-refractivity contribution is 5.85. The number of nitrogens with zero attached hydrogens (tertiary/aromatic N) is 6. The fourth-order valence-electron chi connectivity index (χ4n) is 4.49. The van der Waals surface area contributed by atoms with Crippen molar-refractivity contribution in [2.75, 3.05) is 71.9 Å². The second kappa shape index (κ2) is 10.2. The Morgan fingerprint density at radius 1 is 1.06 bits per heavy atom. The molecule has 1 aromatic heterocycles. The van der Waals surface area contributed by atoms with Crippen molar-refractivity contribution in [1.29, 1.82) is 0 Å². The molecule has 2 aliphatic heterocycles. The maximum Gasteiger partial charge on any atom is 0.236 e. The third-order valence-electron chi connectivity index (χ3n) is 6.38. The van der Waals surface area contributed by atoms with Crippen LogP contribution in [-0.4, -0.2) is 98.5 Å². The Bertz CT molecular complexity index is 960. The number of likely N-dealkylation sites (tertiary alicyclic amines) is 1. The predicted octanol–water partition coefficient (Wildman–Crippen LogP) is 1.62. The fourth-order valence-corrected chi connectivity index (χ4v) is 4.49. The molecule has 8 nitrogen and oxygen atoms in total. The molecule has 0 spiro atoms. The number of carbonyl (C=O) groups excluding carboxylic acids is 1. The highest BCUT2D eigenvalue weighted by Gasteiger charge is 2.24. The van der Waals surface area contributed by atoms with Crippen LogP contribution in [0.3, 0.4) is 0 Å². The summed E-state index contributed by atoms with van der Waals surface area (Å²) in [5, 5.41) is 4.71. The van der Waals surface area contributed by atoms with E-state index in [1.54, 1.807) is 0 Å². The number of carbonyl (C=O) groups is 1. The summed E-state index contributed by atoms with van der Waals surface area (Å²) in [7, 11) is 5.86. The number of aromatic nitrogens is 1. The van der Waals surface area contributed by atoms with Crippen molar-refractivity contribution < 1.29 is 4.79 Å². The molecule has 1 aromatic carbocycles. The molecule has 2 fully saturated rings. The van der Waals surface area contributed by atoms with Crippen molar-refractivity contribution in [3.63, 3.8) is 0 Å². The van der Waals surface area contributed by atoms with Crippen molar-refractivity contribution in [3.8, 4) is 0 Å². The SMILES string of the molecule is CN=C(NCc1cc(N(C)C)nc2ccccc12)N1CCN(CC(=O)N2CCCC2)CC1. The summed E-state index contributed by atoms with van der Waals surface area (Å²) in [6, 6.07) is 10.4. The average Bonchev–Trinajstić information content (AvgIpc) is 3.35. The minimum atomic E-state index is 0.278. The highest BCUT2D eigenvalue weighted by Crippen LogP contribution is 2.22. The molecule has 1 N–H and O–H groups in total. The number of benzene rings is 1. The molecule has 0 radical (unpaired) electrons. The number of fused-ring (bicyclic) bond motifs is 1. The van der Waals surface area contributed by atoms with Gasteiger partial charge in [0.1, 0.15) is 5.82 Å². The molecule has 0 aliphatic carbocycles. The van der Waals surface area contributed by atoms with Crippen LogP contribution in [0.5, 0.6) is 0 Å². The zero-order valence-corrected chi connectivity index (χ0v) is 19.5. The first-order valence-electron chi connectivity index (χ1n) is 11.6. The Morgan fingerprint density at radius 3 is 2.47 bits per heavy atom. The molecule has 4 rings (SSSR count). The Balaban J connectivity index is 1.35. The number of hydrogen-bond donors (Lipinski definition) is 1. The van der Waals surface area contributed by atoms with Crippen LogP contribution in [0, 0.1) is 0 Å². The summed E-state index contributed by atoms with van der Waals surface area (Å²) in [4.78, 5) is 30.3. The van der Waals surface area contributed by atoms with Gasteiger partial charge in [-0.3, -0.25) is 14.7 Å². The lowest BCUT2D eigenvalue weighted by Crippen LogP contribution is -2.54. The number of pyridine rings is 1. The minimum absolute atomic E-state index is 0.278. The van der Waals surface area contributed by atoms with Gasteiger partial charge in [-0.15, -0.1) is 0 Å². The molecule has 2 saturated heterocycles. The lowest BCUT2D eigenvalue weighted by atomic mass is 10.1. The quantitative estimate of drug-likeness (QED) is 0.566. The number of guanidine groups is 1. The molecular formula is C24H35N7O. The normalized spacial score (nSPS) is 17.8. The highest BCUT2D eigenvalue weighted by atomic mass is 16.2. The Hall–Kier alpha value is -2.87. The fraction of sp³-hybridized carbons (Fsp3) is 0.542. The number of anilines is 1. The number of aliphatic imine (C=N–C) groups is 1. The van der Waals surface area contributed by atoms with Gasteiger partial charge in [0, 0.05) is 72.3 Å². The van der Waals surface area contributed by atoms with Gasteiger partial charge in [0.15, 0.2) is 5.96 Å². The van der Waals surface area contributed by atoms with Crippen LogP contribution in [0.25, 0.3) is 10.9 Å². The number of para-hydroxylation sites is 1. The minimum Gasteiger partial charge on any atom is -0.363 e. The largest absolute Gasteiger partial charge is 0.363 e. The van der Waals surface area contributed by atoms with Crippen molar-refractivity contribution in [2.24, 2.45) is 4.99 Å². The molecule has 32 heavy (non-hydrogen) atoms. The monoisotopic (exact) mass is 437 g/mol. The smallest absolute Gasteiger partial charge is 0.236 e. The van der Waals surface area contributed by atoms with Gasteiger partial charge < -0.3 is 20.0 Å². The zero-order chi connectivity index (χ0) is 22.5. The molecule has 3 heterocycles. The maximum atomic E-state index is 12.5. The van der Waals surface area contributed by atoms with E-state index in [4.69, 9.17) is 4.98 Å². The Morgan fingerprint density at radius 2 is 1.78 bits per heavy atom. The maximum absolute atomic E-state index is 12.5. The van der Waals surface area contributed by atoms with Gasteiger partial charge in [0.05, 0.1) is 12.1 Å². The topological polar surface area (TPSA) is 67.3 Å². The summed E-state index contributed by atoms with van der Waals surface area (Å²) in [6.45, 7) is 6.57. The van der Waals surface area contributed by atoms with Gasteiger partial charge in [-0.1, -0.05) is 18.2 Å². The van der Waals surface area contributed by atoms with E-state index in [0.717, 1.165) is 74.8 Å². The lowest BCUT2D eigenvalue weighted by molar-refractivity contribution is -0.131. The molecule has 0 saturated carbocycles. The van der Waals surface area contributed by atoms with E-state index in [9.17, 15) is 4.79 Å². The molecule has 0 bridgehead atoms. The molecule has 2 aromatic rings. The Kier molecular flexibility index (Phi) is 7.09. The van der Waals surface area contributed by atoms with Crippen LogP contribution in [0.2, 0.25) is 0 Å². The van der Waals surface area contributed by atoms with E-state index >= 15 is 0 Å². The van der Waals surface area contributed by atoms with Crippen LogP contribution in [0.4, 0.5) is 5.82 Å². The van der Waals surface area contributed by atoms with Gasteiger partial charge >= 0.3 is 0 Å². The zero-order valence-electron chi connectivity index (χ0n) is 19.5.